The van der Waals surface area contributed by atoms with E-state index in [2.05, 4.69) is 20.6 Å². The van der Waals surface area contributed by atoms with Crippen LogP contribution in [-0.4, -0.2) is 30.9 Å². The van der Waals surface area contributed by atoms with Crippen molar-refractivity contribution >= 4 is 35.2 Å². The smallest absolute Gasteiger partial charge is 0.260 e. The van der Waals surface area contributed by atoms with Crippen LogP contribution in [0.25, 0.3) is 10.9 Å². The molecule has 2 aromatic rings. The fourth-order valence-corrected chi connectivity index (χ4v) is 1.66. The Morgan fingerprint density at radius 1 is 1.33 bits per heavy atom. The lowest BCUT2D eigenvalue weighted by atomic mass is 10.1. The normalized spacial score (nSPS) is 10.9. The number of rotatable bonds is 1. The summed E-state index contributed by atoms with van der Waals surface area (Å²) in [5.74, 6) is 0.262. The molecular weight excluding hydrogens is 252 g/mol. The van der Waals surface area contributed by atoms with E-state index in [-0.39, 0.29) is 18.3 Å². The molecule has 1 aromatic heterocycles. The van der Waals surface area contributed by atoms with Gasteiger partial charge in [0.2, 0.25) is 0 Å². The molecule has 0 unspecified atom stereocenters. The van der Waals surface area contributed by atoms with Gasteiger partial charge >= 0.3 is 0 Å². The second kappa shape index (κ2) is 6.07. The van der Waals surface area contributed by atoms with Gasteiger partial charge in [-0.05, 0) is 6.07 Å². The number of benzene rings is 1. The predicted octanol–water partition coefficient (Wildman–Crippen LogP) is 1.52. The molecule has 2 rings (SSSR count). The first-order valence-corrected chi connectivity index (χ1v) is 5.28. The average Bonchev–Trinajstić information content (AvgIpc) is 2.79. The first-order chi connectivity index (χ1) is 8.26. The van der Waals surface area contributed by atoms with Crippen molar-refractivity contribution in [3.05, 3.63) is 36.0 Å². The molecule has 1 amide bonds. The van der Waals surface area contributed by atoms with Gasteiger partial charge in [0.25, 0.3) is 5.91 Å². The molecule has 0 saturated heterocycles. The summed E-state index contributed by atoms with van der Waals surface area (Å²) in [6, 6.07) is 7.66. The number of carbonyl (C=O) groups excluding carboxylic acids is 1. The van der Waals surface area contributed by atoms with Crippen LogP contribution in [0.3, 0.4) is 0 Å². The molecule has 0 aliphatic carbocycles. The maximum absolute atomic E-state index is 12.0. The molecule has 6 heteroatoms. The van der Waals surface area contributed by atoms with Crippen molar-refractivity contribution in [1.29, 1.82) is 0 Å². The minimum absolute atomic E-state index is 0. The van der Waals surface area contributed by atoms with Gasteiger partial charge in [-0.3, -0.25) is 15.1 Å². The number of H-pyrrole nitrogens is 1. The summed E-state index contributed by atoms with van der Waals surface area (Å²) >= 11 is 0. The number of aromatic nitrogens is 1. The summed E-state index contributed by atoms with van der Waals surface area (Å²) in [5, 5.41) is 6.39. The molecule has 0 aliphatic heterocycles. The zero-order chi connectivity index (χ0) is 12.3. The minimum Gasteiger partial charge on any atom is -0.360 e. The van der Waals surface area contributed by atoms with Gasteiger partial charge in [-0.1, -0.05) is 18.2 Å². The monoisotopic (exact) mass is 266 g/mol. The maximum Gasteiger partial charge on any atom is 0.260 e. The van der Waals surface area contributed by atoms with Gasteiger partial charge in [-0.15, -0.1) is 12.4 Å². The number of halogens is 1. The predicted molar refractivity (Wildman–Crippen MR) is 75.4 cm³/mol. The number of nitrogens with zero attached hydrogens (tertiary/aromatic N) is 1. The van der Waals surface area contributed by atoms with Crippen LogP contribution in [0.2, 0.25) is 0 Å². The van der Waals surface area contributed by atoms with Gasteiger partial charge in [-0.2, -0.15) is 0 Å². The molecule has 1 heterocycles. The quantitative estimate of drug-likeness (QED) is 0.541. The van der Waals surface area contributed by atoms with Crippen molar-refractivity contribution in [2.75, 3.05) is 14.1 Å². The van der Waals surface area contributed by atoms with E-state index in [9.17, 15) is 4.79 Å². The van der Waals surface area contributed by atoms with E-state index in [4.69, 9.17) is 0 Å². The lowest BCUT2D eigenvalue weighted by Crippen LogP contribution is -2.38. The molecule has 5 nitrogen and oxygen atoms in total. The maximum atomic E-state index is 12.0. The van der Waals surface area contributed by atoms with E-state index < -0.39 is 0 Å². The summed E-state index contributed by atoms with van der Waals surface area (Å²) in [7, 11) is 3.32. The summed E-state index contributed by atoms with van der Waals surface area (Å²) in [6.07, 6.45) is 1.70. The standard InChI is InChI=1S/C12H14N4O.ClH/c1-13-12(14-2)16-11(17)9-7-15-10-6-4-3-5-8(9)10;/h3-7,15H,1-2H3,(H2,13,14,16,17);1H. The van der Waals surface area contributed by atoms with Crippen LogP contribution in [0.15, 0.2) is 35.5 Å². The zero-order valence-electron chi connectivity index (χ0n) is 10.2. The third-order valence-corrected chi connectivity index (χ3v) is 2.53. The number of hydrogen-bond acceptors (Lipinski definition) is 2. The van der Waals surface area contributed by atoms with Gasteiger partial charge < -0.3 is 10.3 Å². The van der Waals surface area contributed by atoms with Crippen LogP contribution >= 0.6 is 12.4 Å². The number of amides is 1. The van der Waals surface area contributed by atoms with Crippen molar-refractivity contribution in [3.63, 3.8) is 0 Å². The van der Waals surface area contributed by atoms with Crippen molar-refractivity contribution in [1.82, 2.24) is 15.6 Å². The van der Waals surface area contributed by atoms with Crippen LogP contribution < -0.4 is 10.6 Å². The summed E-state index contributed by atoms with van der Waals surface area (Å²) in [6.45, 7) is 0. The number of para-hydroxylation sites is 1. The van der Waals surface area contributed by atoms with Crippen molar-refractivity contribution in [2.24, 2.45) is 4.99 Å². The Balaban J connectivity index is 0.00000162. The van der Waals surface area contributed by atoms with Crippen molar-refractivity contribution < 1.29 is 4.79 Å². The Morgan fingerprint density at radius 2 is 2.06 bits per heavy atom. The molecule has 0 aliphatic rings. The van der Waals surface area contributed by atoms with E-state index in [0.29, 0.717) is 11.5 Å². The molecule has 0 atom stereocenters. The van der Waals surface area contributed by atoms with Gasteiger partial charge in [0, 0.05) is 31.2 Å². The number of aromatic amines is 1. The molecule has 18 heavy (non-hydrogen) atoms. The molecule has 96 valence electrons. The van der Waals surface area contributed by atoms with Crippen LogP contribution in [0.5, 0.6) is 0 Å². The fraction of sp³-hybridized carbons (Fsp3) is 0.167. The van der Waals surface area contributed by atoms with Gasteiger partial charge in [0.1, 0.15) is 0 Å². The average molecular weight is 267 g/mol. The third-order valence-electron chi connectivity index (χ3n) is 2.53. The molecule has 0 fully saturated rings. The largest absolute Gasteiger partial charge is 0.360 e. The summed E-state index contributed by atoms with van der Waals surface area (Å²) < 4.78 is 0. The Bertz CT molecular complexity index is 576. The van der Waals surface area contributed by atoms with Gasteiger partial charge in [0.05, 0.1) is 5.56 Å². The second-order valence-electron chi connectivity index (χ2n) is 3.52. The van der Waals surface area contributed by atoms with E-state index in [1.807, 2.05) is 24.3 Å². The Hall–Kier alpha value is -2.01. The molecule has 1 aromatic carbocycles. The van der Waals surface area contributed by atoms with E-state index in [1.54, 1.807) is 20.3 Å². The second-order valence-corrected chi connectivity index (χ2v) is 3.52. The highest BCUT2D eigenvalue weighted by Gasteiger charge is 2.12. The number of carbonyl (C=O) groups is 1. The van der Waals surface area contributed by atoms with Crippen LogP contribution in [0.4, 0.5) is 0 Å². The summed E-state index contributed by atoms with van der Waals surface area (Å²) in [4.78, 5) is 19.0. The van der Waals surface area contributed by atoms with Crippen LogP contribution in [0, 0.1) is 0 Å². The van der Waals surface area contributed by atoms with Crippen LogP contribution in [0.1, 0.15) is 10.4 Å². The van der Waals surface area contributed by atoms with Crippen molar-refractivity contribution in [3.8, 4) is 0 Å². The highest BCUT2D eigenvalue weighted by Crippen LogP contribution is 2.17. The number of nitrogens with one attached hydrogen (secondary N) is 3. The number of hydrogen-bond donors (Lipinski definition) is 3. The Kier molecular flexibility index (Phi) is 4.74. The molecule has 0 radical (unpaired) electrons. The van der Waals surface area contributed by atoms with Crippen molar-refractivity contribution in [2.45, 2.75) is 0 Å². The lowest BCUT2D eigenvalue weighted by Gasteiger charge is -2.05. The van der Waals surface area contributed by atoms with Gasteiger partial charge in [0.15, 0.2) is 5.96 Å². The molecule has 0 spiro atoms. The number of guanidine groups is 1. The first kappa shape index (κ1) is 14.1. The van der Waals surface area contributed by atoms with E-state index in [0.717, 1.165) is 10.9 Å². The number of aliphatic imine (C=N–C) groups is 1. The summed E-state index contributed by atoms with van der Waals surface area (Å²) in [5.41, 5.74) is 1.55. The Morgan fingerprint density at radius 3 is 2.72 bits per heavy atom. The number of fused-ring (bicyclic) bond motifs is 1. The fourth-order valence-electron chi connectivity index (χ4n) is 1.66. The van der Waals surface area contributed by atoms with E-state index >= 15 is 0 Å². The lowest BCUT2D eigenvalue weighted by molar-refractivity contribution is 0.0977. The van der Waals surface area contributed by atoms with Crippen LogP contribution in [-0.2, 0) is 0 Å². The SMILES string of the molecule is CN=C(NC)NC(=O)c1c[nH]c2ccccc12.Cl. The first-order valence-electron chi connectivity index (χ1n) is 5.28. The topological polar surface area (TPSA) is 69.3 Å². The molecular formula is C12H15ClN4O. The molecule has 0 bridgehead atoms. The van der Waals surface area contributed by atoms with E-state index in [1.165, 1.54) is 0 Å². The Labute approximate surface area is 111 Å². The molecule has 0 saturated carbocycles. The van der Waals surface area contributed by atoms with Gasteiger partial charge in [-0.25, -0.2) is 0 Å². The highest BCUT2D eigenvalue weighted by atomic mass is 35.5. The minimum atomic E-state index is -0.183. The zero-order valence-corrected chi connectivity index (χ0v) is 11.0. The highest BCUT2D eigenvalue weighted by molar-refractivity contribution is 6.12. The molecule has 3 N–H and O–H groups in total. The third kappa shape index (κ3) is 2.62.